The number of benzene rings is 1. The van der Waals surface area contributed by atoms with E-state index in [1.165, 1.54) is 51.4 Å². The van der Waals surface area contributed by atoms with Gasteiger partial charge in [0.15, 0.2) is 0 Å². The summed E-state index contributed by atoms with van der Waals surface area (Å²) in [7, 11) is 0. The van der Waals surface area contributed by atoms with Crippen LogP contribution < -0.4 is 4.74 Å². The largest absolute Gasteiger partial charge is 0.508 e. The third kappa shape index (κ3) is 8.22. The van der Waals surface area contributed by atoms with Crippen LogP contribution in [0.25, 0.3) is 0 Å². The molecule has 1 aromatic carbocycles. The summed E-state index contributed by atoms with van der Waals surface area (Å²) in [4.78, 5) is 0. The van der Waals surface area contributed by atoms with Crippen LogP contribution in [0.2, 0.25) is 0 Å². The maximum Gasteiger partial charge on any atom is 0.123 e. The monoisotopic (exact) mass is 402 g/mol. The van der Waals surface area contributed by atoms with Crippen molar-refractivity contribution >= 4 is 0 Å². The molecule has 29 heavy (non-hydrogen) atoms. The van der Waals surface area contributed by atoms with Crippen LogP contribution in [-0.4, -0.2) is 10.7 Å². The van der Waals surface area contributed by atoms with Crippen molar-refractivity contribution in [2.75, 3.05) is 0 Å². The van der Waals surface area contributed by atoms with Crippen molar-refractivity contribution in [3.8, 4) is 11.5 Å². The molecule has 1 aliphatic rings. The van der Waals surface area contributed by atoms with Gasteiger partial charge in [0, 0.05) is 0 Å². The number of phenolic OH excluding ortho intramolecular Hbond substituents is 1. The molecule has 0 amide bonds. The van der Waals surface area contributed by atoms with E-state index in [4.69, 9.17) is 4.74 Å². The number of aryl methyl sites for hydroxylation is 2. The van der Waals surface area contributed by atoms with Gasteiger partial charge < -0.3 is 9.84 Å². The fraction of sp³-hybridized carbons (Fsp3) is 0.778. The zero-order chi connectivity index (χ0) is 21.4. The molecule has 0 saturated heterocycles. The van der Waals surface area contributed by atoms with Crippen molar-refractivity contribution < 1.29 is 9.84 Å². The van der Waals surface area contributed by atoms with E-state index in [1.54, 1.807) is 0 Å². The molecule has 0 radical (unpaired) electrons. The Balaban J connectivity index is 1.64. The van der Waals surface area contributed by atoms with Crippen LogP contribution in [0, 0.1) is 24.7 Å². The van der Waals surface area contributed by atoms with E-state index in [1.807, 2.05) is 19.1 Å². The van der Waals surface area contributed by atoms with Gasteiger partial charge in [-0.15, -0.1) is 0 Å². The smallest absolute Gasteiger partial charge is 0.123 e. The van der Waals surface area contributed by atoms with E-state index in [0.29, 0.717) is 5.75 Å². The Hall–Kier alpha value is -1.18. The summed E-state index contributed by atoms with van der Waals surface area (Å²) in [5, 5.41) is 9.92. The maximum atomic E-state index is 9.92. The summed E-state index contributed by atoms with van der Waals surface area (Å²) in [6.45, 7) is 13.7. The molecule has 0 aliphatic carbocycles. The van der Waals surface area contributed by atoms with Crippen LogP contribution in [0.3, 0.4) is 0 Å². The lowest BCUT2D eigenvalue weighted by atomic mass is 9.86. The summed E-state index contributed by atoms with van der Waals surface area (Å²) < 4.78 is 6.39. The summed E-state index contributed by atoms with van der Waals surface area (Å²) in [5.41, 5.74) is 2.00. The van der Waals surface area contributed by atoms with Gasteiger partial charge in [-0.2, -0.15) is 0 Å². The molecule has 2 nitrogen and oxygen atoms in total. The number of phenols is 1. The molecule has 0 spiro atoms. The highest BCUT2D eigenvalue weighted by atomic mass is 16.5. The van der Waals surface area contributed by atoms with E-state index < -0.39 is 0 Å². The Kier molecular flexibility index (Phi) is 9.37. The molecule has 2 heteroatoms. The zero-order valence-corrected chi connectivity index (χ0v) is 20.0. The van der Waals surface area contributed by atoms with E-state index in [-0.39, 0.29) is 5.60 Å². The summed E-state index contributed by atoms with van der Waals surface area (Å²) in [6.07, 6.45) is 14.1. The maximum absolute atomic E-state index is 9.92. The van der Waals surface area contributed by atoms with Gasteiger partial charge in [-0.05, 0) is 80.5 Å². The molecule has 2 rings (SSSR count). The molecule has 1 heterocycles. The quantitative estimate of drug-likeness (QED) is 0.381. The third-order valence-electron chi connectivity index (χ3n) is 6.93. The normalized spacial score (nSPS) is 20.9. The van der Waals surface area contributed by atoms with Gasteiger partial charge in [-0.1, -0.05) is 72.6 Å². The van der Waals surface area contributed by atoms with Gasteiger partial charge in [0.2, 0.25) is 0 Å². The predicted molar refractivity (Wildman–Crippen MR) is 125 cm³/mol. The number of ether oxygens (including phenoxy) is 1. The Labute approximate surface area is 180 Å². The average Bonchev–Trinajstić information content (AvgIpc) is 2.63. The second-order valence-corrected chi connectivity index (χ2v) is 10.7. The van der Waals surface area contributed by atoms with Crippen LogP contribution >= 0.6 is 0 Å². The molecule has 0 fully saturated rings. The molecule has 3 unspecified atom stereocenters. The first-order valence-corrected chi connectivity index (χ1v) is 12.2. The van der Waals surface area contributed by atoms with E-state index >= 15 is 0 Å². The molecule has 0 aromatic heterocycles. The number of rotatable bonds is 12. The standard InChI is InChI=1S/C27H46O2/c1-20(2)10-7-11-21(3)12-8-13-22(4)14-9-16-27(6)17-15-24-19-25(28)23(5)18-26(24)29-27/h18-22,28H,7-17H2,1-6H3. The molecule has 1 aliphatic heterocycles. The van der Waals surface area contributed by atoms with Crippen LogP contribution in [0.5, 0.6) is 11.5 Å². The Morgan fingerprint density at radius 3 is 2.14 bits per heavy atom. The van der Waals surface area contributed by atoms with Crippen LogP contribution in [0.15, 0.2) is 12.1 Å². The minimum atomic E-state index is -0.0545. The Bertz CT molecular complexity index is 621. The SMILES string of the molecule is Cc1cc2c(cc1O)CCC(C)(CCCC(C)CCCC(C)CCCC(C)C)O2. The van der Waals surface area contributed by atoms with Crippen molar-refractivity contribution in [3.05, 3.63) is 23.3 Å². The summed E-state index contributed by atoms with van der Waals surface area (Å²) in [6, 6.07) is 3.89. The predicted octanol–water partition coefficient (Wildman–Crippen LogP) is 8.22. The topological polar surface area (TPSA) is 29.5 Å². The van der Waals surface area contributed by atoms with Gasteiger partial charge in [-0.3, -0.25) is 0 Å². The number of aromatic hydroxyl groups is 1. The lowest BCUT2D eigenvalue weighted by Gasteiger charge is -2.36. The molecule has 1 N–H and O–H groups in total. The number of hydrogen-bond acceptors (Lipinski definition) is 2. The van der Waals surface area contributed by atoms with Crippen LogP contribution in [0.4, 0.5) is 0 Å². The summed E-state index contributed by atoms with van der Waals surface area (Å²) in [5.74, 6) is 3.92. The van der Waals surface area contributed by atoms with Crippen molar-refractivity contribution in [2.45, 2.75) is 118 Å². The highest BCUT2D eigenvalue weighted by molar-refractivity contribution is 5.46. The average molecular weight is 403 g/mol. The molecule has 166 valence electrons. The first kappa shape index (κ1) is 24.1. The molecular weight excluding hydrogens is 356 g/mol. The minimum Gasteiger partial charge on any atom is -0.508 e. The molecule has 1 aromatic rings. The second-order valence-electron chi connectivity index (χ2n) is 10.7. The zero-order valence-electron chi connectivity index (χ0n) is 20.0. The van der Waals surface area contributed by atoms with Gasteiger partial charge in [0.1, 0.15) is 17.1 Å². The van der Waals surface area contributed by atoms with Gasteiger partial charge in [-0.25, -0.2) is 0 Å². The van der Waals surface area contributed by atoms with Crippen molar-refractivity contribution in [3.63, 3.8) is 0 Å². The van der Waals surface area contributed by atoms with Crippen LogP contribution in [0.1, 0.15) is 110 Å². The van der Waals surface area contributed by atoms with E-state index in [0.717, 1.165) is 53.9 Å². The Morgan fingerprint density at radius 1 is 0.931 bits per heavy atom. The lowest BCUT2D eigenvalue weighted by Crippen LogP contribution is -2.36. The number of fused-ring (bicyclic) bond motifs is 1. The molecule has 0 bridgehead atoms. The minimum absolute atomic E-state index is 0.0545. The third-order valence-corrected chi connectivity index (χ3v) is 6.93. The first-order valence-electron chi connectivity index (χ1n) is 12.2. The van der Waals surface area contributed by atoms with Gasteiger partial charge in [0.25, 0.3) is 0 Å². The first-order chi connectivity index (χ1) is 13.7. The second kappa shape index (κ2) is 11.3. The van der Waals surface area contributed by atoms with Crippen molar-refractivity contribution in [1.29, 1.82) is 0 Å². The van der Waals surface area contributed by atoms with Crippen molar-refractivity contribution in [2.24, 2.45) is 17.8 Å². The van der Waals surface area contributed by atoms with Crippen LogP contribution in [-0.2, 0) is 6.42 Å². The van der Waals surface area contributed by atoms with Crippen molar-refractivity contribution in [1.82, 2.24) is 0 Å². The molecular formula is C27H46O2. The number of hydrogen-bond donors (Lipinski definition) is 1. The Morgan fingerprint density at radius 2 is 1.52 bits per heavy atom. The van der Waals surface area contributed by atoms with E-state index in [9.17, 15) is 5.11 Å². The van der Waals surface area contributed by atoms with Gasteiger partial charge >= 0.3 is 0 Å². The summed E-state index contributed by atoms with van der Waals surface area (Å²) >= 11 is 0. The highest BCUT2D eigenvalue weighted by Gasteiger charge is 2.31. The molecule has 3 atom stereocenters. The fourth-order valence-electron chi connectivity index (χ4n) is 4.70. The fourth-order valence-corrected chi connectivity index (χ4v) is 4.70. The highest BCUT2D eigenvalue weighted by Crippen LogP contribution is 2.39. The molecule has 0 saturated carbocycles. The van der Waals surface area contributed by atoms with Gasteiger partial charge in [0.05, 0.1) is 0 Å². The lowest BCUT2D eigenvalue weighted by molar-refractivity contribution is 0.0522. The van der Waals surface area contributed by atoms with E-state index in [2.05, 4.69) is 34.6 Å².